The molecule has 0 saturated carbocycles. The lowest BCUT2D eigenvalue weighted by Crippen LogP contribution is -2.14. The van der Waals surface area contributed by atoms with Crippen LogP contribution in [-0.4, -0.2) is 43.1 Å². The van der Waals surface area contributed by atoms with E-state index in [9.17, 15) is 4.39 Å². The van der Waals surface area contributed by atoms with Crippen LogP contribution in [0.3, 0.4) is 0 Å². The summed E-state index contributed by atoms with van der Waals surface area (Å²) < 4.78 is 19.7. The number of hydrogen-bond acceptors (Lipinski definition) is 5. The number of rotatable bonds is 3. The first-order valence-electron chi connectivity index (χ1n) is 8.60. The summed E-state index contributed by atoms with van der Waals surface area (Å²) >= 11 is 7.95. The van der Waals surface area contributed by atoms with Gasteiger partial charge >= 0.3 is 0 Å². The smallest absolute Gasteiger partial charge is 0.165 e. The minimum Gasteiger partial charge on any atom is -0.494 e. The van der Waals surface area contributed by atoms with Crippen LogP contribution in [0.1, 0.15) is 18.1 Å². The third-order valence-corrected chi connectivity index (χ3v) is 5.51. The topological polar surface area (TPSA) is 37.2 Å². The molecule has 0 spiro atoms. The molecular formula is C21H21ClFN3OS. The second-order valence-corrected chi connectivity index (χ2v) is 7.60. The number of thioether (sulfide) groups is 1. The van der Waals surface area contributed by atoms with Gasteiger partial charge in [-0.1, -0.05) is 29.8 Å². The molecule has 0 atom stereocenters. The van der Waals surface area contributed by atoms with Crippen molar-refractivity contribution in [2.75, 3.05) is 27.5 Å². The Labute approximate surface area is 173 Å². The van der Waals surface area contributed by atoms with E-state index in [1.807, 2.05) is 50.4 Å². The van der Waals surface area contributed by atoms with Gasteiger partial charge in [0, 0.05) is 42.0 Å². The lowest BCUT2D eigenvalue weighted by atomic mass is 10.00. The molecule has 0 aliphatic carbocycles. The minimum atomic E-state index is -0.473. The number of hydrogen-bond donors (Lipinski definition) is 0. The van der Waals surface area contributed by atoms with Crippen LogP contribution in [0.2, 0.25) is 5.02 Å². The van der Waals surface area contributed by atoms with Crippen molar-refractivity contribution < 1.29 is 9.13 Å². The molecule has 4 nitrogen and oxygen atoms in total. The molecule has 2 aromatic rings. The van der Waals surface area contributed by atoms with Crippen LogP contribution >= 0.6 is 23.4 Å². The predicted molar refractivity (Wildman–Crippen MR) is 117 cm³/mol. The van der Waals surface area contributed by atoms with Crippen molar-refractivity contribution in [3.8, 4) is 5.75 Å². The molecule has 0 unspecified atom stereocenters. The normalized spacial score (nSPS) is 15.2. The molecule has 0 bridgehead atoms. The highest BCUT2D eigenvalue weighted by Crippen LogP contribution is 2.36. The molecule has 0 aromatic heterocycles. The van der Waals surface area contributed by atoms with Crippen molar-refractivity contribution >= 4 is 39.8 Å². The van der Waals surface area contributed by atoms with Crippen LogP contribution in [-0.2, 0) is 0 Å². The second kappa shape index (κ2) is 8.37. The number of ether oxygens (including phenoxy) is 1. The molecule has 146 valence electrons. The lowest BCUT2D eigenvalue weighted by molar-refractivity contribution is 0.386. The first-order chi connectivity index (χ1) is 13.4. The van der Waals surface area contributed by atoms with Crippen molar-refractivity contribution in [3.63, 3.8) is 0 Å². The van der Waals surface area contributed by atoms with E-state index in [2.05, 4.69) is 0 Å². The standard InChI is InChI=1S/C21H21ClFN3OS/c1-12(26(2)3)19-21(28-5)24-17-11-18(27-4)16(23)10-14(17)20(25-19)13-8-6-7-9-15(13)22/h6-11H,1-5H3/b19-12-. The van der Waals surface area contributed by atoms with E-state index in [4.69, 9.17) is 26.3 Å². The monoisotopic (exact) mass is 417 g/mol. The Morgan fingerprint density at radius 3 is 2.46 bits per heavy atom. The van der Waals surface area contributed by atoms with Crippen molar-refractivity contribution in [2.24, 2.45) is 9.98 Å². The van der Waals surface area contributed by atoms with Gasteiger partial charge in [0.1, 0.15) is 10.7 Å². The van der Waals surface area contributed by atoms with Crippen LogP contribution in [0.15, 0.2) is 57.8 Å². The van der Waals surface area contributed by atoms with Crippen LogP contribution in [0, 0.1) is 5.82 Å². The summed E-state index contributed by atoms with van der Waals surface area (Å²) in [7, 11) is 5.34. The summed E-state index contributed by atoms with van der Waals surface area (Å²) in [6.07, 6.45) is 1.94. The Hall–Kier alpha value is -2.31. The molecular weight excluding hydrogens is 397 g/mol. The zero-order valence-electron chi connectivity index (χ0n) is 16.4. The van der Waals surface area contributed by atoms with Gasteiger partial charge in [0.15, 0.2) is 11.6 Å². The summed E-state index contributed by atoms with van der Waals surface area (Å²) in [5.74, 6) is -0.336. The number of allylic oxidation sites excluding steroid dienone is 1. The first kappa shape index (κ1) is 20.4. The van der Waals surface area contributed by atoms with E-state index in [-0.39, 0.29) is 5.75 Å². The van der Waals surface area contributed by atoms with E-state index >= 15 is 0 Å². The third kappa shape index (κ3) is 3.80. The molecule has 0 amide bonds. The fourth-order valence-electron chi connectivity index (χ4n) is 2.81. The van der Waals surface area contributed by atoms with Gasteiger partial charge < -0.3 is 9.64 Å². The maximum atomic E-state index is 14.6. The van der Waals surface area contributed by atoms with Gasteiger partial charge in [-0.15, -0.1) is 11.8 Å². The quantitative estimate of drug-likeness (QED) is 0.659. The Bertz CT molecular complexity index is 1010. The summed E-state index contributed by atoms with van der Waals surface area (Å²) in [4.78, 5) is 11.7. The molecule has 0 fully saturated rings. The number of aliphatic imine (C=N–C) groups is 2. The Kier molecular flexibility index (Phi) is 6.10. The molecule has 7 heteroatoms. The largest absolute Gasteiger partial charge is 0.494 e. The Morgan fingerprint density at radius 2 is 1.86 bits per heavy atom. The van der Waals surface area contributed by atoms with Crippen LogP contribution in [0.5, 0.6) is 5.75 Å². The molecule has 1 aliphatic rings. The fraction of sp³-hybridized carbons (Fsp3) is 0.238. The lowest BCUT2D eigenvalue weighted by Gasteiger charge is -2.17. The summed E-state index contributed by atoms with van der Waals surface area (Å²) in [6.45, 7) is 1.98. The number of benzene rings is 2. The molecule has 1 heterocycles. The average Bonchev–Trinajstić information content (AvgIpc) is 2.83. The Morgan fingerprint density at radius 1 is 1.14 bits per heavy atom. The molecule has 0 radical (unpaired) electrons. The molecule has 2 aromatic carbocycles. The Balaban J connectivity index is 2.41. The molecule has 0 N–H and O–H groups in total. The van der Waals surface area contributed by atoms with Gasteiger partial charge in [0.25, 0.3) is 0 Å². The summed E-state index contributed by atoms with van der Waals surface area (Å²) in [6, 6.07) is 10.4. The maximum absolute atomic E-state index is 14.6. The van der Waals surface area contributed by atoms with Gasteiger partial charge in [-0.2, -0.15) is 0 Å². The maximum Gasteiger partial charge on any atom is 0.165 e. The van der Waals surface area contributed by atoms with E-state index < -0.39 is 5.82 Å². The van der Waals surface area contributed by atoms with Crippen molar-refractivity contribution in [3.05, 3.63) is 69.8 Å². The van der Waals surface area contributed by atoms with Crippen molar-refractivity contribution in [1.82, 2.24) is 4.90 Å². The van der Waals surface area contributed by atoms with Gasteiger partial charge in [0.05, 0.1) is 18.5 Å². The van der Waals surface area contributed by atoms with Crippen LogP contribution < -0.4 is 4.74 Å². The summed E-state index contributed by atoms with van der Waals surface area (Å²) in [5.41, 5.74) is 4.12. The zero-order chi connectivity index (χ0) is 20.4. The highest BCUT2D eigenvalue weighted by Gasteiger charge is 2.24. The summed E-state index contributed by atoms with van der Waals surface area (Å²) in [5, 5.41) is 1.28. The molecule has 1 aliphatic heterocycles. The van der Waals surface area contributed by atoms with Crippen molar-refractivity contribution in [2.45, 2.75) is 6.92 Å². The third-order valence-electron chi connectivity index (χ3n) is 4.51. The molecule has 0 saturated heterocycles. The van der Waals surface area contributed by atoms with E-state index in [1.165, 1.54) is 24.9 Å². The molecule has 28 heavy (non-hydrogen) atoms. The van der Waals surface area contributed by atoms with Crippen LogP contribution in [0.25, 0.3) is 0 Å². The SMILES string of the molecule is COc1cc2c(cc1F)C(c1ccccc1Cl)=N/C(=C(/C)N(C)C)C(SC)=N2. The predicted octanol–water partition coefficient (Wildman–Crippen LogP) is 5.52. The van der Waals surface area contributed by atoms with Crippen LogP contribution in [0.4, 0.5) is 10.1 Å². The first-order valence-corrected chi connectivity index (χ1v) is 10.2. The van der Waals surface area contributed by atoms with Crippen molar-refractivity contribution in [1.29, 1.82) is 0 Å². The molecule has 3 rings (SSSR count). The van der Waals surface area contributed by atoms with Gasteiger partial charge in [-0.05, 0) is 25.3 Å². The number of methoxy groups -OCH3 is 1. The average molecular weight is 418 g/mol. The highest BCUT2D eigenvalue weighted by molar-refractivity contribution is 8.13. The number of fused-ring (bicyclic) bond motifs is 1. The number of halogens is 2. The van der Waals surface area contributed by atoms with Gasteiger partial charge in [-0.25, -0.2) is 14.4 Å². The van der Waals surface area contributed by atoms with E-state index in [1.54, 1.807) is 12.1 Å². The second-order valence-electron chi connectivity index (χ2n) is 6.39. The highest BCUT2D eigenvalue weighted by atomic mass is 35.5. The number of nitrogens with zero attached hydrogens (tertiary/aromatic N) is 3. The van der Waals surface area contributed by atoms with Gasteiger partial charge in [-0.3, -0.25) is 0 Å². The van der Waals surface area contributed by atoms with E-state index in [0.717, 1.165) is 22.0 Å². The van der Waals surface area contributed by atoms with E-state index in [0.29, 0.717) is 22.0 Å². The zero-order valence-corrected chi connectivity index (χ0v) is 18.0. The fourth-order valence-corrected chi connectivity index (χ4v) is 3.61. The van der Waals surface area contributed by atoms with Gasteiger partial charge in [0.2, 0.25) is 0 Å². The minimum absolute atomic E-state index is 0.137.